The van der Waals surface area contributed by atoms with E-state index in [1.165, 1.54) is 13.8 Å². The number of carboxylic acid groups (broad SMARTS) is 2. The first kappa shape index (κ1) is 23.7. The molecule has 7 N–H and O–H groups in total. The molecule has 0 amide bonds. The Morgan fingerprint density at radius 3 is 1.07 bits per heavy atom. The van der Waals surface area contributed by atoms with Crippen molar-refractivity contribution in [1.82, 2.24) is 6.15 Å². The molecule has 0 aliphatic carbocycles. The summed E-state index contributed by atoms with van der Waals surface area (Å²) in [6.07, 6.45) is 0. The molecule has 0 unspecified atom stereocenters. The van der Waals surface area contributed by atoms with Crippen molar-refractivity contribution < 1.29 is 19.8 Å². The predicted molar refractivity (Wildman–Crippen MR) is 48.1 cm³/mol. The van der Waals surface area contributed by atoms with Crippen molar-refractivity contribution in [3.8, 4) is 0 Å². The molecule has 0 aliphatic rings. The summed E-state index contributed by atoms with van der Waals surface area (Å²) in [6.45, 7) is 2.71. The maximum absolute atomic E-state index is 9.46. The summed E-state index contributed by atoms with van der Waals surface area (Å²) in [5.74, 6) is -2.43. The topological polar surface area (TPSA) is 167 Å². The van der Waals surface area contributed by atoms with E-state index in [4.69, 9.17) is 11.5 Å². The van der Waals surface area contributed by atoms with Crippen molar-refractivity contribution in [1.29, 1.82) is 0 Å². The zero-order valence-electron chi connectivity index (χ0n) is 8.36. The molecule has 0 fully saturated rings. The quantitative estimate of drug-likeness (QED) is 0.408. The van der Waals surface area contributed by atoms with Gasteiger partial charge in [-0.05, 0) is 13.8 Å². The molecule has 0 heterocycles. The maximum atomic E-state index is 9.46. The second kappa shape index (κ2) is 13.1. The van der Waals surface area contributed by atoms with Gasteiger partial charge in [-0.15, -0.1) is 0 Å². The van der Waals surface area contributed by atoms with Crippen molar-refractivity contribution in [3.05, 3.63) is 0 Å². The Balaban J connectivity index is -0.0000000625. The summed E-state index contributed by atoms with van der Waals surface area (Å²) in [6, 6.07) is -1.69. The average Bonchev–Trinajstić information content (AvgIpc) is 1.88. The van der Waals surface area contributed by atoms with Crippen LogP contribution >= 0.6 is 0 Å². The van der Waals surface area contributed by atoms with Crippen LogP contribution in [0, 0.1) is 0 Å². The number of nitrogens with two attached hydrogens (primary N) is 2. The molecule has 0 aromatic rings. The molecule has 2 atom stereocenters. The van der Waals surface area contributed by atoms with Gasteiger partial charge in [0.15, 0.2) is 0 Å². The maximum Gasteiger partial charge on any atom is 2.00 e. The van der Waals surface area contributed by atoms with Crippen LogP contribution in [-0.4, -0.2) is 61.8 Å². The standard InChI is InChI=1S/2C3H7NO2.Ca.H3N/c2*1-2(4)3(5)6;;/h2*2H,4H2,1H3,(H,5,6);;1H3/q;;+2;/p-2/t2*2-;;/m00../s1. The van der Waals surface area contributed by atoms with Crippen molar-refractivity contribution in [3.63, 3.8) is 0 Å². The average molecular weight is 233 g/mol. The van der Waals surface area contributed by atoms with Crippen LogP contribution in [0.2, 0.25) is 0 Å². The van der Waals surface area contributed by atoms with Gasteiger partial charge in [-0.1, -0.05) is 0 Å². The Hall–Kier alpha value is 0.0797. The molecular formula is C6H15CaN3O4. The zero-order chi connectivity index (χ0) is 10.3. The van der Waals surface area contributed by atoms with Gasteiger partial charge >= 0.3 is 37.7 Å². The van der Waals surface area contributed by atoms with Gasteiger partial charge < -0.3 is 37.4 Å². The molecule has 0 aromatic heterocycles. The zero-order valence-corrected chi connectivity index (χ0v) is 10.6. The summed E-state index contributed by atoms with van der Waals surface area (Å²) >= 11 is 0. The third-order valence-electron chi connectivity index (χ3n) is 0.744. The smallest absolute Gasteiger partial charge is 0.548 e. The summed E-state index contributed by atoms with van der Waals surface area (Å²) in [5.41, 5.74) is 9.55. The molecule has 7 nitrogen and oxygen atoms in total. The molecule has 0 aliphatic heterocycles. The fourth-order valence-electron chi connectivity index (χ4n) is 0. The third-order valence-corrected chi connectivity index (χ3v) is 0.744. The first-order valence-electron chi connectivity index (χ1n) is 3.22. The molecule has 0 bridgehead atoms. The molecule has 0 aromatic carbocycles. The Labute approximate surface area is 112 Å². The van der Waals surface area contributed by atoms with Crippen LogP contribution < -0.4 is 27.8 Å². The molecule has 80 valence electrons. The second-order valence-corrected chi connectivity index (χ2v) is 2.22. The number of aliphatic carboxylic acids is 2. The van der Waals surface area contributed by atoms with Gasteiger partial charge in [-0.2, -0.15) is 0 Å². The number of hydrogen-bond donors (Lipinski definition) is 3. The summed E-state index contributed by atoms with van der Waals surface area (Å²) in [4.78, 5) is 18.9. The number of carbonyl (C=O) groups excluding carboxylic acids is 2. The largest absolute Gasteiger partial charge is 2.00 e. The van der Waals surface area contributed by atoms with E-state index in [1.54, 1.807) is 0 Å². The minimum Gasteiger partial charge on any atom is -0.548 e. The van der Waals surface area contributed by atoms with Crippen molar-refractivity contribution in [2.24, 2.45) is 11.5 Å². The Morgan fingerprint density at radius 2 is 1.07 bits per heavy atom. The molecule has 0 rings (SSSR count). The van der Waals surface area contributed by atoms with Crippen LogP contribution in [0.15, 0.2) is 0 Å². The molecule has 14 heavy (non-hydrogen) atoms. The van der Waals surface area contributed by atoms with Gasteiger partial charge in [0.1, 0.15) is 0 Å². The van der Waals surface area contributed by atoms with E-state index < -0.39 is 24.0 Å². The van der Waals surface area contributed by atoms with E-state index in [2.05, 4.69) is 0 Å². The van der Waals surface area contributed by atoms with Crippen molar-refractivity contribution in [2.45, 2.75) is 25.9 Å². The van der Waals surface area contributed by atoms with Crippen LogP contribution in [0.4, 0.5) is 0 Å². The first-order valence-corrected chi connectivity index (χ1v) is 3.22. The van der Waals surface area contributed by atoms with Gasteiger partial charge in [0.05, 0.1) is 11.9 Å². The minimum absolute atomic E-state index is 0. The van der Waals surface area contributed by atoms with Crippen LogP contribution in [-0.2, 0) is 9.59 Å². The van der Waals surface area contributed by atoms with Gasteiger partial charge in [-0.3, -0.25) is 0 Å². The molecular weight excluding hydrogens is 218 g/mol. The van der Waals surface area contributed by atoms with Crippen LogP contribution in [0.3, 0.4) is 0 Å². The van der Waals surface area contributed by atoms with Gasteiger partial charge in [-0.25, -0.2) is 0 Å². The molecule has 8 heteroatoms. The van der Waals surface area contributed by atoms with Gasteiger partial charge in [0.2, 0.25) is 0 Å². The Kier molecular flexibility index (Phi) is 22.1. The van der Waals surface area contributed by atoms with Crippen LogP contribution in [0.25, 0.3) is 0 Å². The molecule has 0 radical (unpaired) electrons. The third kappa shape index (κ3) is 22.7. The summed E-state index contributed by atoms with van der Waals surface area (Å²) in [5, 5.41) is 18.9. The fourth-order valence-corrected chi connectivity index (χ4v) is 0. The van der Waals surface area contributed by atoms with E-state index in [-0.39, 0.29) is 43.9 Å². The first-order chi connectivity index (χ1) is 5.29. The van der Waals surface area contributed by atoms with Crippen LogP contribution in [0.5, 0.6) is 0 Å². The van der Waals surface area contributed by atoms with E-state index in [1.807, 2.05) is 0 Å². The van der Waals surface area contributed by atoms with E-state index in [9.17, 15) is 19.8 Å². The SMILES string of the molecule is C[C@H](N)C(=O)[O-].C[C@H](N)C(=O)[O-].N.[Ca+2]. The van der Waals surface area contributed by atoms with E-state index in [0.717, 1.165) is 0 Å². The molecule has 0 saturated carbocycles. The fraction of sp³-hybridized carbons (Fsp3) is 0.667. The monoisotopic (exact) mass is 233 g/mol. The summed E-state index contributed by atoms with van der Waals surface area (Å²) in [7, 11) is 0. The van der Waals surface area contributed by atoms with Gasteiger partial charge in [0.25, 0.3) is 0 Å². The number of rotatable bonds is 2. The van der Waals surface area contributed by atoms with Crippen molar-refractivity contribution in [2.75, 3.05) is 0 Å². The van der Waals surface area contributed by atoms with Crippen LogP contribution in [0.1, 0.15) is 13.8 Å². The summed E-state index contributed by atoms with van der Waals surface area (Å²) < 4.78 is 0. The number of carboxylic acids is 2. The predicted octanol–water partition coefficient (Wildman–Crippen LogP) is -4.05. The minimum atomic E-state index is -1.21. The Morgan fingerprint density at radius 1 is 1.00 bits per heavy atom. The Bertz CT molecular complexity index is 145. The van der Waals surface area contributed by atoms with E-state index in [0.29, 0.717) is 0 Å². The van der Waals surface area contributed by atoms with E-state index >= 15 is 0 Å². The normalized spacial score (nSPS) is 11.7. The second-order valence-electron chi connectivity index (χ2n) is 2.22. The molecule has 0 spiro atoms. The molecule has 0 saturated heterocycles. The number of carbonyl (C=O) groups is 2. The van der Waals surface area contributed by atoms with Gasteiger partial charge in [0, 0.05) is 12.1 Å². The number of hydrogen-bond acceptors (Lipinski definition) is 7. The van der Waals surface area contributed by atoms with Crippen molar-refractivity contribution >= 4 is 49.7 Å².